The number of carbonyl (C=O) groups is 1. The lowest BCUT2D eigenvalue weighted by molar-refractivity contribution is 0.0943. The number of carbonyl (C=O) groups excluding carboxylic acids is 1. The Morgan fingerprint density at radius 1 is 1.19 bits per heavy atom. The average molecular weight is 310 g/mol. The standard InChI is InChI=1S/C16H20ClNO3/c17-9-12-2-1-3-13(12)10-18-16(19)11-4-5-14-15(8-11)21-7-6-20-14/h4-5,8,12-13H,1-3,6-7,9-10H2,(H,18,19). The highest BCUT2D eigenvalue weighted by atomic mass is 35.5. The van der Waals surface area contributed by atoms with Gasteiger partial charge in [0.25, 0.3) is 5.91 Å². The number of ether oxygens (including phenoxy) is 2. The molecule has 1 aromatic carbocycles. The molecule has 0 radical (unpaired) electrons. The van der Waals surface area contributed by atoms with E-state index in [4.69, 9.17) is 21.1 Å². The first-order chi connectivity index (χ1) is 10.3. The van der Waals surface area contributed by atoms with Crippen LogP contribution in [0.1, 0.15) is 29.6 Å². The molecule has 1 aliphatic heterocycles. The fraction of sp³-hybridized carbons (Fsp3) is 0.562. The van der Waals surface area contributed by atoms with Crippen LogP contribution in [0.2, 0.25) is 0 Å². The van der Waals surface area contributed by atoms with Crippen LogP contribution in [0.25, 0.3) is 0 Å². The van der Waals surface area contributed by atoms with E-state index in [0.29, 0.717) is 54.5 Å². The molecule has 0 aromatic heterocycles. The molecule has 1 aliphatic carbocycles. The molecule has 1 saturated carbocycles. The molecule has 5 heteroatoms. The zero-order chi connectivity index (χ0) is 14.7. The van der Waals surface area contributed by atoms with E-state index in [0.717, 1.165) is 6.42 Å². The summed E-state index contributed by atoms with van der Waals surface area (Å²) in [5.41, 5.74) is 0.611. The molecule has 1 fully saturated rings. The van der Waals surface area contributed by atoms with E-state index in [-0.39, 0.29) is 5.91 Å². The number of fused-ring (bicyclic) bond motifs is 1. The summed E-state index contributed by atoms with van der Waals surface area (Å²) in [4.78, 5) is 12.2. The summed E-state index contributed by atoms with van der Waals surface area (Å²) in [5.74, 6) is 3.01. The lowest BCUT2D eigenvalue weighted by atomic mass is 9.98. The van der Waals surface area contributed by atoms with E-state index in [1.54, 1.807) is 18.2 Å². The van der Waals surface area contributed by atoms with Crippen LogP contribution in [0.3, 0.4) is 0 Å². The zero-order valence-corrected chi connectivity index (χ0v) is 12.7. The molecule has 2 unspecified atom stereocenters. The first-order valence-corrected chi connectivity index (χ1v) is 8.05. The maximum Gasteiger partial charge on any atom is 0.251 e. The number of benzene rings is 1. The van der Waals surface area contributed by atoms with E-state index < -0.39 is 0 Å². The molecule has 2 atom stereocenters. The molecular formula is C16H20ClNO3. The highest BCUT2D eigenvalue weighted by molar-refractivity contribution is 6.18. The smallest absolute Gasteiger partial charge is 0.251 e. The third kappa shape index (κ3) is 3.26. The van der Waals surface area contributed by atoms with Crippen LogP contribution < -0.4 is 14.8 Å². The normalized spacial score (nSPS) is 23.9. The molecular weight excluding hydrogens is 290 g/mol. The van der Waals surface area contributed by atoms with Crippen LogP contribution in [0.5, 0.6) is 11.5 Å². The first kappa shape index (κ1) is 14.5. The van der Waals surface area contributed by atoms with Crippen molar-refractivity contribution in [2.75, 3.05) is 25.6 Å². The van der Waals surface area contributed by atoms with Gasteiger partial charge < -0.3 is 14.8 Å². The molecule has 0 bridgehead atoms. The first-order valence-electron chi connectivity index (χ1n) is 7.51. The minimum Gasteiger partial charge on any atom is -0.486 e. The summed E-state index contributed by atoms with van der Waals surface area (Å²) in [5, 5.41) is 3.02. The Labute approximate surface area is 129 Å². The average Bonchev–Trinajstić information content (AvgIpc) is 2.99. The predicted molar refractivity (Wildman–Crippen MR) is 81.3 cm³/mol. The number of alkyl halides is 1. The van der Waals surface area contributed by atoms with Crippen molar-refractivity contribution in [2.45, 2.75) is 19.3 Å². The second-order valence-corrected chi connectivity index (χ2v) is 5.98. The van der Waals surface area contributed by atoms with Gasteiger partial charge in [0.1, 0.15) is 13.2 Å². The van der Waals surface area contributed by atoms with Gasteiger partial charge in [0.05, 0.1) is 0 Å². The van der Waals surface area contributed by atoms with Gasteiger partial charge in [-0.15, -0.1) is 11.6 Å². The number of rotatable bonds is 4. The van der Waals surface area contributed by atoms with Gasteiger partial charge >= 0.3 is 0 Å². The van der Waals surface area contributed by atoms with Gasteiger partial charge in [-0.2, -0.15) is 0 Å². The molecule has 4 nitrogen and oxygen atoms in total. The van der Waals surface area contributed by atoms with Crippen molar-refractivity contribution < 1.29 is 14.3 Å². The second kappa shape index (κ2) is 6.56. The minimum atomic E-state index is -0.0628. The Bertz CT molecular complexity index is 520. The molecule has 0 saturated heterocycles. The Balaban J connectivity index is 1.60. The van der Waals surface area contributed by atoms with E-state index in [2.05, 4.69) is 5.32 Å². The van der Waals surface area contributed by atoms with E-state index in [1.165, 1.54) is 12.8 Å². The van der Waals surface area contributed by atoms with Crippen molar-refractivity contribution in [3.63, 3.8) is 0 Å². The van der Waals surface area contributed by atoms with Gasteiger partial charge in [-0.25, -0.2) is 0 Å². The van der Waals surface area contributed by atoms with Crippen molar-refractivity contribution in [1.29, 1.82) is 0 Å². The summed E-state index contributed by atoms with van der Waals surface area (Å²) in [6.07, 6.45) is 3.54. The summed E-state index contributed by atoms with van der Waals surface area (Å²) in [6, 6.07) is 5.31. The van der Waals surface area contributed by atoms with E-state index in [9.17, 15) is 4.79 Å². The Hall–Kier alpha value is -1.42. The molecule has 2 aliphatic rings. The zero-order valence-electron chi connectivity index (χ0n) is 11.9. The molecule has 3 rings (SSSR count). The summed E-state index contributed by atoms with van der Waals surface area (Å²) >= 11 is 5.97. The lowest BCUT2D eigenvalue weighted by Gasteiger charge is -2.20. The Morgan fingerprint density at radius 2 is 1.95 bits per heavy atom. The molecule has 21 heavy (non-hydrogen) atoms. The van der Waals surface area contributed by atoms with Gasteiger partial charge in [0.2, 0.25) is 0 Å². The monoisotopic (exact) mass is 309 g/mol. The SMILES string of the molecule is O=C(NCC1CCCC1CCl)c1ccc2c(c1)OCCO2. The van der Waals surface area contributed by atoms with Gasteiger partial charge in [-0.3, -0.25) is 4.79 Å². The van der Waals surface area contributed by atoms with Gasteiger partial charge in [-0.05, 0) is 42.9 Å². The number of halogens is 1. The third-order valence-corrected chi connectivity index (χ3v) is 4.74. The van der Waals surface area contributed by atoms with Gasteiger partial charge in [-0.1, -0.05) is 6.42 Å². The fourth-order valence-corrected chi connectivity index (χ4v) is 3.50. The number of nitrogens with one attached hydrogen (secondary N) is 1. The maximum atomic E-state index is 12.2. The van der Waals surface area contributed by atoms with Gasteiger partial charge in [0.15, 0.2) is 11.5 Å². The molecule has 1 N–H and O–H groups in total. The summed E-state index contributed by atoms with van der Waals surface area (Å²) in [6.45, 7) is 1.78. The van der Waals surface area contributed by atoms with Gasteiger partial charge in [0, 0.05) is 18.0 Å². The fourth-order valence-electron chi connectivity index (χ4n) is 3.10. The van der Waals surface area contributed by atoms with Crippen LogP contribution in [0.15, 0.2) is 18.2 Å². The second-order valence-electron chi connectivity index (χ2n) is 5.67. The molecule has 1 heterocycles. The topological polar surface area (TPSA) is 47.6 Å². The van der Waals surface area contributed by atoms with Crippen LogP contribution >= 0.6 is 11.6 Å². The number of hydrogen-bond donors (Lipinski definition) is 1. The van der Waals surface area contributed by atoms with Crippen LogP contribution in [-0.4, -0.2) is 31.5 Å². The van der Waals surface area contributed by atoms with Crippen LogP contribution in [-0.2, 0) is 0 Å². The highest BCUT2D eigenvalue weighted by Crippen LogP contribution is 2.32. The number of amides is 1. The Kier molecular flexibility index (Phi) is 4.54. The quantitative estimate of drug-likeness (QED) is 0.870. The molecule has 1 amide bonds. The molecule has 1 aromatic rings. The van der Waals surface area contributed by atoms with E-state index >= 15 is 0 Å². The molecule has 0 spiro atoms. The largest absolute Gasteiger partial charge is 0.486 e. The number of hydrogen-bond acceptors (Lipinski definition) is 3. The Morgan fingerprint density at radius 3 is 2.76 bits per heavy atom. The molecule has 114 valence electrons. The summed E-state index contributed by atoms with van der Waals surface area (Å²) < 4.78 is 11.0. The van der Waals surface area contributed by atoms with Crippen molar-refractivity contribution in [3.8, 4) is 11.5 Å². The highest BCUT2D eigenvalue weighted by Gasteiger charge is 2.26. The minimum absolute atomic E-state index is 0.0628. The van der Waals surface area contributed by atoms with Crippen LogP contribution in [0.4, 0.5) is 0 Å². The van der Waals surface area contributed by atoms with E-state index in [1.807, 2.05) is 0 Å². The van der Waals surface area contributed by atoms with Crippen molar-refractivity contribution in [1.82, 2.24) is 5.32 Å². The van der Waals surface area contributed by atoms with Crippen molar-refractivity contribution in [3.05, 3.63) is 23.8 Å². The summed E-state index contributed by atoms with van der Waals surface area (Å²) in [7, 11) is 0. The lowest BCUT2D eigenvalue weighted by Crippen LogP contribution is -2.31. The van der Waals surface area contributed by atoms with Crippen molar-refractivity contribution in [2.24, 2.45) is 11.8 Å². The third-order valence-electron chi connectivity index (χ3n) is 4.34. The predicted octanol–water partition coefficient (Wildman–Crippen LogP) is 2.84. The van der Waals surface area contributed by atoms with Crippen molar-refractivity contribution >= 4 is 17.5 Å². The van der Waals surface area contributed by atoms with Crippen LogP contribution in [0, 0.1) is 11.8 Å². The maximum absolute atomic E-state index is 12.2.